The second-order valence-electron chi connectivity index (χ2n) is 3.19. The molecule has 0 aliphatic heterocycles. The Kier molecular flexibility index (Phi) is 2.89. The van der Waals surface area contributed by atoms with E-state index in [0.29, 0.717) is 24.1 Å². The lowest BCUT2D eigenvalue weighted by molar-refractivity contribution is 0.263. The quantitative estimate of drug-likeness (QED) is 0.717. The molecule has 0 unspecified atom stereocenters. The number of rotatable bonds is 3. The van der Waals surface area contributed by atoms with Gasteiger partial charge in [-0.25, -0.2) is 4.98 Å². The van der Waals surface area contributed by atoms with Crippen LogP contribution >= 0.6 is 0 Å². The monoisotopic (exact) mass is 182 g/mol. The summed E-state index contributed by atoms with van der Waals surface area (Å²) in [5, 5.41) is 0. The molecule has 0 aromatic carbocycles. The predicted molar refractivity (Wildman–Crippen MR) is 51.2 cm³/mol. The first kappa shape index (κ1) is 9.57. The molecule has 0 spiro atoms. The number of ether oxygens (including phenoxy) is 1. The van der Waals surface area contributed by atoms with Gasteiger partial charge in [0.2, 0.25) is 11.8 Å². The average molecular weight is 182 g/mol. The van der Waals surface area contributed by atoms with Gasteiger partial charge >= 0.3 is 0 Å². The number of nitrogens with two attached hydrogens (primary N) is 2. The van der Waals surface area contributed by atoms with Crippen molar-refractivity contribution < 1.29 is 4.74 Å². The molecule has 0 bridgehead atoms. The summed E-state index contributed by atoms with van der Waals surface area (Å²) in [6.07, 6.45) is 1.44. The lowest BCUT2D eigenvalue weighted by Crippen LogP contribution is -2.09. The molecule has 0 amide bonds. The Balaban J connectivity index is 2.70. The van der Waals surface area contributed by atoms with E-state index in [2.05, 4.69) is 9.97 Å². The first-order chi connectivity index (χ1) is 6.09. The third kappa shape index (κ3) is 2.77. The van der Waals surface area contributed by atoms with Gasteiger partial charge in [-0.15, -0.1) is 0 Å². The van der Waals surface area contributed by atoms with Gasteiger partial charge in [0, 0.05) is 0 Å². The lowest BCUT2D eigenvalue weighted by Gasteiger charge is -2.09. The summed E-state index contributed by atoms with van der Waals surface area (Å²) >= 11 is 0. The Morgan fingerprint density at radius 3 is 2.77 bits per heavy atom. The zero-order valence-corrected chi connectivity index (χ0v) is 7.82. The van der Waals surface area contributed by atoms with Crippen LogP contribution in [0.25, 0.3) is 0 Å². The van der Waals surface area contributed by atoms with Crippen molar-refractivity contribution in [3.8, 4) is 5.88 Å². The number of aromatic nitrogens is 2. The molecule has 4 N–H and O–H groups in total. The summed E-state index contributed by atoms with van der Waals surface area (Å²) in [5.74, 6) is 0.963. The van der Waals surface area contributed by atoms with E-state index in [1.165, 1.54) is 6.20 Å². The molecule has 5 nitrogen and oxygen atoms in total. The minimum Gasteiger partial charge on any atom is -0.476 e. The summed E-state index contributed by atoms with van der Waals surface area (Å²) in [6, 6.07) is 0. The number of hydrogen-bond donors (Lipinski definition) is 2. The third-order valence-corrected chi connectivity index (χ3v) is 1.35. The number of nitrogen functional groups attached to an aromatic ring is 2. The van der Waals surface area contributed by atoms with E-state index in [1.54, 1.807) is 0 Å². The van der Waals surface area contributed by atoms with Crippen molar-refractivity contribution in [2.24, 2.45) is 5.92 Å². The number of anilines is 2. The molecule has 0 aliphatic rings. The number of hydrogen-bond acceptors (Lipinski definition) is 5. The molecule has 0 aliphatic carbocycles. The van der Waals surface area contributed by atoms with Gasteiger partial charge in [0.05, 0.1) is 12.8 Å². The SMILES string of the molecule is CC(C)COc1nc(N)ncc1N. The highest BCUT2D eigenvalue weighted by Crippen LogP contribution is 2.17. The van der Waals surface area contributed by atoms with Gasteiger partial charge in [-0.1, -0.05) is 13.8 Å². The van der Waals surface area contributed by atoms with Crippen molar-refractivity contribution in [2.45, 2.75) is 13.8 Å². The van der Waals surface area contributed by atoms with Gasteiger partial charge < -0.3 is 16.2 Å². The lowest BCUT2D eigenvalue weighted by atomic mass is 10.2. The Bertz CT molecular complexity index is 287. The van der Waals surface area contributed by atoms with Gasteiger partial charge in [-0.05, 0) is 5.92 Å². The summed E-state index contributed by atoms with van der Waals surface area (Å²) in [4.78, 5) is 7.59. The highest BCUT2D eigenvalue weighted by atomic mass is 16.5. The molecular formula is C8H14N4O. The molecule has 0 saturated carbocycles. The van der Waals surface area contributed by atoms with E-state index in [4.69, 9.17) is 16.2 Å². The van der Waals surface area contributed by atoms with Crippen molar-refractivity contribution in [1.82, 2.24) is 9.97 Å². The van der Waals surface area contributed by atoms with E-state index >= 15 is 0 Å². The Labute approximate surface area is 77.1 Å². The summed E-state index contributed by atoms with van der Waals surface area (Å²) in [5.41, 5.74) is 11.4. The molecule has 1 heterocycles. The van der Waals surface area contributed by atoms with Crippen LogP contribution in [0.15, 0.2) is 6.20 Å². The summed E-state index contributed by atoms with van der Waals surface area (Å²) in [6.45, 7) is 4.65. The standard InChI is InChI=1S/C8H14N4O/c1-5(2)4-13-7-6(9)3-11-8(10)12-7/h3,5H,4,9H2,1-2H3,(H2,10,11,12). The Hall–Kier alpha value is -1.52. The maximum absolute atomic E-state index is 5.57. The molecule has 1 aromatic heterocycles. The zero-order chi connectivity index (χ0) is 9.84. The normalized spacial score (nSPS) is 10.4. The zero-order valence-electron chi connectivity index (χ0n) is 7.82. The van der Waals surface area contributed by atoms with Crippen LogP contribution in [0, 0.1) is 5.92 Å². The fourth-order valence-corrected chi connectivity index (χ4v) is 0.750. The Morgan fingerprint density at radius 1 is 1.46 bits per heavy atom. The first-order valence-electron chi connectivity index (χ1n) is 4.10. The molecular weight excluding hydrogens is 168 g/mol. The van der Waals surface area contributed by atoms with Crippen LogP contribution in [0.1, 0.15) is 13.8 Å². The minimum absolute atomic E-state index is 0.174. The van der Waals surface area contributed by atoms with Crippen molar-refractivity contribution in [1.29, 1.82) is 0 Å². The van der Waals surface area contributed by atoms with Crippen LogP contribution < -0.4 is 16.2 Å². The molecule has 13 heavy (non-hydrogen) atoms. The smallest absolute Gasteiger partial charge is 0.242 e. The van der Waals surface area contributed by atoms with Gasteiger partial charge in [-0.2, -0.15) is 4.98 Å². The van der Waals surface area contributed by atoms with Gasteiger partial charge in [0.25, 0.3) is 0 Å². The fourth-order valence-electron chi connectivity index (χ4n) is 0.750. The first-order valence-corrected chi connectivity index (χ1v) is 4.10. The highest BCUT2D eigenvalue weighted by Gasteiger charge is 2.04. The molecule has 1 rings (SSSR count). The van der Waals surface area contributed by atoms with Crippen molar-refractivity contribution in [2.75, 3.05) is 18.1 Å². The van der Waals surface area contributed by atoms with Crippen LogP contribution in [0.2, 0.25) is 0 Å². The second-order valence-corrected chi connectivity index (χ2v) is 3.19. The maximum atomic E-state index is 5.57. The van der Waals surface area contributed by atoms with E-state index in [0.717, 1.165) is 0 Å². The molecule has 5 heteroatoms. The van der Waals surface area contributed by atoms with E-state index in [-0.39, 0.29) is 5.95 Å². The molecule has 0 saturated heterocycles. The van der Waals surface area contributed by atoms with Gasteiger partial charge in [0.15, 0.2) is 0 Å². The van der Waals surface area contributed by atoms with Gasteiger partial charge in [0.1, 0.15) is 5.69 Å². The van der Waals surface area contributed by atoms with E-state index < -0.39 is 0 Å². The fraction of sp³-hybridized carbons (Fsp3) is 0.500. The van der Waals surface area contributed by atoms with Crippen LogP contribution in [0.5, 0.6) is 5.88 Å². The topological polar surface area (TPSA) is 87.0 Å². The molecule has 0 radical (unpaired) electrons. The average Bonchev–Trinajstić information content (AvgIpc) is 2.06. The van der Waals surface area contributed by atoms with Crippen molar-refractivity contribution >= 4 is 11.6 Å². The van der Waals surface area contributed by atoms with E-state index in [9.17, 15) is 0 Å². The van der Waals surface area contributed by atoms with Crippen molar-refractivity contribution in [3.05, 3.63) is 6.20 Å². The highest BCUT2D eigenvalue weighted by molar-refractivity contribution is 5.47. The number of nitrogens with zero attached hydrogens (tertiary/aromatic N) is 2. The van der Waals surface area contributed by atoms with Crippen LogP contribution in [-0.2, 0) is 0 Å². The third-order valence-electron chi connectivity index (χ3n) is 1.35. The second kappa shape index (κ2) is 3.93. The predicted octanol–water partition coefficient (Wildman–Crippen LogP) is 0.676. The van der Waals surface area contributed by atoms with Crippen molar-refractivity contribution in [3.63, 3.8) is 0 Å². The maximum Gasteiger partial charge on any atom is 0.242 e. The summed E-state index contributed by atoms with van der Waals surface area (Å²) < 4.78 is 5.32. The molecule has 0 fully saturated rings. The minimum atomic E-state index is 0.174. The Morgan fingerprint density at radius 2 is 2.15 bits per heavy atom. The molecule has 0 atom stereocenters. The largest absolute Gasteiger partial charge is 0.476 e. The molecule has 1 aromatic rings. The van der Waals surface area contributed by atoms with E-state index in [1.807, 2.05) is 13.8 Å². The van der Waals surface area contributed by atoms with Crippen LogP contribution in [0.3, 0.4) is 0 Å². The van der Waals surface area contributed by atoms with Crippen LogP contribution in [0.4, 0.5) is 11.6 Å². The molecule has 72 valence electrons. The van der Waals surface area contributed by atoms with Gasteiger partial charge in [-0.3, -0.25) is 0 Å². The summed E-state index contributed by atoms with van der Waals surface area (Å²) in [7, 11) is 0. The van der Waals surface area contributed by atoms with Crippen LogP contribution in [-0.4, -0.2) is 16.6 Å².